The molecule has 7 nitrogen and oxygen atoms in total. The molecule has 1 aliphatic rings. The van der Waals surface area contributed by atoms with Gasteiger partial charge in [-0.25, -0.2) is 9.69 Å². The Balaban J connectivity index is 1.72. The maximum absolute atomic E-state index is 12.4. The lowest BCUT2D eigenvalue weighted by atomic mass is 10.1. The molecule has 1 fully saturated rings. The predicted molar refractivity (Wildman–Crippen MR) is 96.1 cm³/mol. The van der Waals surface area contributed by atoms with E-state index in [4.69, 9.17) is 0 Å². The molecule has 1 heterocycles. The van der Waals surface area contributed by atoms with Crippen molar-refractivity contribution in [3.8, 4) is 5.75 Å². The Morgan fingerprint density at radius 1 is 1.15 bits per heavy atom. The number of imide groups is 1. The molecule has 132 valence electrons. The fraction of sp³-hybridized carbons (Fsp3) is 0.105. The number of urea groups is 1. The van der Waals surface area contributed by atoms with E-state index in [-0.39, 0.29) is 11.4 Å². The number of hydrogen-bond donors (Lipinski definition) is 3. The zero-order valence-corrected chi connectivity index (χ0v) is 14.0. The number of rotatable bonds is 4. The van der Waals surface area contributed by atoms with Gasteiger partial charge in [0.15, 0.2) is 0 Å². The number of aryl methyl sites for hydroxylation is 1. The summed E-state index contributed by atoms with van der Waals surface area (Å²) in [5.41, 5.74) is 1.88. The highest BCUT2D eigenvalue weighted by atomic mass is 16.3. The topological polar surface area (TPSA) is 98.7 Å². The second kappa shape index (κ2) is 7.10. The molecule has 1 saturated heterocycles. The molecule has 0 bridgehead atoms. The van der Waals surface area contributed by atoms with Crippen LogP contribution in [0.1, 0.15) is 11.1 Å². The van der Waals surface area contributed by atoms with E-state index < -0.39 is 24.4 Å². The molecular formula is C19H17N3O4. The molecule has 0 aliphatic carbocycles. The van der Waals surface area contributed by atoms with Crippen LogP contribution < -0.4 is 10.6 Å². The van der Waals surface area contributed by atoms with Gasteiger partial charge in [0.1, 0.15) is 18.0 Å². The Hall–Kier alpha value is -3.61. The molecule has 2 aromatic carbocycles. The molecule has 26 heavy (non-hydrogen) atoms. The number of amides is 4. The molecule has 4 amide bonds. The minimum Gasteiger partial charge on any atom is -0.507 e. The first kappa shape index (κ1) is 17.2. The summed E-state index contributed by atoms with van der Waals surface area (Å²) < 4.78 is 0. The summed E-state index contributed by atoms with van der Waals surface area (Å²) in [5.74, 6) is -1.12. The third-order valence-electron chi connectivity index (χ3n) is 3.92. The number of para-hydroxylation sites is 2. The van der Waals surface area contributed by atoms with Gasteiger partial charge in [-0.05, 0) is 30.7 Å². The van der Waals surface area contributed by atoms with E-state index >= 15 is 0 Å². The van der Waals surface area contributed by atoms with E-state index in [2.05, 4.69) is 10.6 Å². The lowest BCUT2D eigenvalue weighted by Gasteiger charge is -2.13. The van der Waals surface area contributed by atoms with Gasteiger partial charge in [-0.2, -0.15) is 0 Å². The van der Waals surface area contributed by atoms with Crippen LogP contribution in [0.2, 0.25) is 0 Å². The highest BCUT2D eigenvalue weighted by Gasteiger charge is 2.35. The van der Waals surface area contributed by atoms with E-state index in [9.17, 15) is 19.5 Å². The Labute approximate surface area is 149 Å². The summed E-state index contributed by atoms with van der Waals surface area (Å²) >= 11 is 0. The Bertz CT molecular complexity index is 921. The standard InChI is InChI=1S/C19H17N3O4/c1-12-6-2-4-8-14(12)20-17(24)11-22-18(25)15(21-19(22)26)10-13-7-3-5-9-16(13)23/h2-10,23H,11H2,1H3,(H,20,24)(H,21,26)/b15-10-. The van der Waals surface area contributed by atoms with Crippen LogP contribution in [0.4, 0.5) is 10.5 Å². The van der Waals surface area contributed by atoms with Crippen molar-refractivity contribution in [1.29, 1.82) is 0 Å². The smallest absolute Gasteiger partial charge is 0.329 e. The fourth-order valence-corrected chi connectivity index (χ4v) is 2.53. The first-order valence-electron chi connectivity index (χ1n) is 7.94. The molecule has 0 saturated carbocycles. The number of phenols is 1. The van der Waals surface area contributed by atoms with Crippen molar-refractivity contribution < 1.29 is 19.5 Å². The van der Waals surface area contributed by atoms with Crippen molar-refractivity contribution in [1.82, 2.24) is 10.2 Å². The van der Waals surface area contributed by atoms with Gasteiger partial charge in [0.2, 0.25) is 5.91 Å². The molecule has 0 atom stereocenters. The van der Waals surface area contributed by atoms with Gasteiger partial charge in [0.05, 0.1) is 0 Å². The zero-order chi connectivity index (χ0) is 18.7. The molecular weight excluding hydrogens is 334 g/mol. The van der Waals surface area contributed by atoms with E-state index in [1.807, 2.05) is 19.1 Å². The number of benzene rings is 2. The summed E-state index contributed by atoms with van der Waals surface area (Å²) in [5, 5.41) is 14.9. The zero-order valence-electron chi connectivity index (χ0n) is 14.0. The lowest BCUT2D eigenvalue weighted by molar-refractivity contribution is -0.127. The van der Waals surface area contributed by atoms with Crippen LogP contribution in [0.25, 0.3) is 6.08 Å². The number of anilines is 1. The first-order chi connectivity index (χ1) is 12.5. The molecule has 0 spiro atoms. The first-order valence-corrected chi connectivity index (χ1v) is 7.94. The third-order valence-corrected chi connectivity index (χ3v) is 3.92. The number of carbonyl (C=O) groups is 3. The predicted octanol–water partition coefficient (Wildman–Crippen LogP) is 2.23. The Morgan fingerprint density at radius 3 is 2.58 bits per heavy atom. The summed E-state index contributed by atoms with van der Waals surface area (Å²) in [6, 6.07) is 12.9. The minimum absolute atomic E-state index is 0.000177. The van der Waals surface area contributed by atoms with E-state index in [1.165, 1.54) is 12.1 Å². The van der Waals surface area contributed by atoms with Crippen LogP contribution in [0.15, 0.2) is 54.2 Å². The van der Waals surface area contributed by atoms with Crippen molar-refractivity contribution in [2.75, 3.05) is 11.9 Å². The van der Waals surface area contributed by atoms with Crippen LogP contribution in [0, 0.1) is 6.92 Å². The highest BCUT2D eigenvalue weighted by molar-refractivity contribution is 6.16. The summed E-state index contributed by atoms with van der Waals surface area (Å²) in [7, 11) is 0. The van der Waals surface area contributed by atoms with E-state index in [0.29, 0.717) is 11.3 Å². The molecule has 7 heteroatoms. The van der Waals surface area contributed by atoms with Crippen molar-refractivity contribution >= 4 is 29.6 Å². The van der Waals surface area contributed by atoms with E-state index in [0.717, 1.165) is 10.5 Å². The Kier molecular flexibility index (Phi) is 4.70. The van der Waals surface area contributed by atoms with Crippen LogP contribution in [-0.4, -0.2) is 34.4 Å². The number of carbonyl (C=O) groups excluding carboxylic acids is 3. The molecule has 3 N–H and O–H groups in total. The molecule has 2 aromatic rings. The second-order valence-corrected chi connectivity index (χ2v) is 5.80. The summed E-state index contributed by atoms with van der Waals surface area (Å²) in [4.78, 5) is 37.4. The van der Waals surface area contributed by atoms with Gasteiger partial charge in [-0.3, -0.25) is 9.59 Å². The maximum Gasteiger partial charge on any atom is 0.329 e. The highest BCUT2D eigenvalue weighted by Crippen LogP contribution is 2.21. The second-order valence-electron chi connectivity index (χ2n) is 5.80. The number of aromatic hydroxyl groups is 1. The van der Waals surface area contributed by atoms with Crippen molar-refractivity contribution in [2.24, 2.45) is 0 Å². The van der Waals surface area contributed by atoms with Gasteiger partial charge in [-0.1, -0.05) is 36.4 Å². The number of nitrogens with zero attached hydrogens (tertiary/aromatic N) is 1. The van der Waals surface area contributed by atoms with E-state index in [1.54, 1.807) is 30.3 Å². The molecule has 3 rings (SSSR count). The molecule has 0 radical (unpaired) electrons. The average Bonchev–Trinajstić information content (AvgIpc) is 2.86. The minimum atomic E-state index is -0.684. The number of nitrogens with one attached hydrogen (secondary N) is 2. The van der Waals surface area contributed by atoms with Crippen LogP contribution >= 0.6 is 0 Å². The van der Waals surface area contributed by atoms with Crippen molar-refractivity contribution in [3.63, 3.8) is 0 Å². The maximum atomic E-state index is 12.4. The van der Waals surface area contributed by atoms with Gasteiger partial charge < -0.3 is 15.7 Å². The van der Waals surface area contributed by atoms with Gasteiger partial charge in [0.25, 0.3) is 5.91 Å². The van der Waals surface area contributed by atoms with Crippen LogP contribution in [0.5, 0.6) is 5.75 Å². The number of hydrogen-bond acceptors (Lipinski definition) is 4. The van der Waals surface area contributed by atoms with Crippen LogP contribution in [0.3, 0.4) is 0 Å². The van der Waals surface area contributed by atoms with Crippen molar-refractivity contribution in [2.45, 2.75) is 6.92 Å². The lowest BCUT2D eigenvalue weighted by Crippen LogP contribution is -2.38. The van der Waals surface area contributed by atoms with Gasteiger partial charge in [-0.15, -0.1) is 0 Å². The summed E-state index contributed by atoms with van der Waals surface area (Å²) in [6.45, 7) is 1.44. The average molecular weight is 351 g/mol. The monoisotopic (exact) mass is 351 g/mol. The van der Waals surface area contributed by atoms with Crippen LogP contribution in [-0.2, 0) is 9.59 Å². The molecule has 1 aliphatic heterocycles. The third kappa shape index (κ3) is 3.56. The Morgan fingerprint density at radius 2 is 1.85 bits per heavy atom. The largest absolute Gasteiger partial charge is 0.507 e. The summed E-state index contributed by atoms with van der Waals surface area (Å²) in [6.07, 6.45) is 1.37. The quantitative estimate of drug-likeness (QED) is 0.581. The fourth-order valence-electron chi connectivity index (χ4n) is 2.53. The molecule has 0 unspecified atom stereocenters. The van der Waals surface area contributed by atoms with Crippen molar-refractivity contribution in [3.05, 3.63) is 65.4 Å². The van der Waals surface area contributed by atoms with Gasteiger partial charge in [0, 0.05) is 11.3 Å². The SMILES string of the molecule is Cc1ccccc1NC(=O)CN1C(=O)N/C(=C\c2ccccc2O)C1=O. The number of phenolic OH excluding ortho intramolecular Hbond substituents is 1. The normalized spacial score (nSPS) is 15.3. The molecule has 0 aromatic heterocycles. The van der Waals surface area contributed by atoms with Gasteiger partial charge >= 0.3 is 6.03 Å².